The third-order valence-corrected chi connectivity index (χ3v) is 3.81. The van der Waals surface area contributed by atoms with Crippen LogP contribution in [0.5, 0.6) is 0 Å². The van der Waals surface area contributed by atoms with Crippen molar-refractivity contribution in [2.45, 2.75) is 19.9 Å². The maximum absolute atomic E-state index is 11.9. The van der Waals surface area contributed by atoms with Crippen LogP contribution in [0.2, 0.25) is 0 Å². The van der Waals surface area contributed by atoms with Gasteiger partial charge in [0.05, 0.1) is 12.5 Å². The number of nitrogens with zero attached hydrogens (tertiary/aromatic N) is 2. The summed E-state index contributed by atoms with van der Waals surface area (Å²) in [5.41, 5.74) is 2.16. The zero-order chi connectivity index (χ0) is 14.7. The molecule has 1 saturated heterocycles. The van der Waals surface area contributed by atoms with Crippen LogP contribution in [0.4, 0.5) is 0 Å². The molecule has 0 unspecified atom stereocenters. The monoisotopic (exact) mass is 285 g/mol. The molecule has 2 heterocycles. The number of imidazole rings is 1. The first kappa shape index (κ1) is 13.8. The minimum Gasteiger partial charge on any atom is -0.381 e. The van der Waals surface area contributed by atoms with E-state index in [1.807, 2.05) is 42.0 Å². The molecule has 1 aliphatic heterocycles. The summed E-state index contributed by atoms with van der Waals surface area (Å²) in [5.74, 6) is 1.05. The van der Waals surface area contributed by atoms with E-state index in [0.717, 1.165) is 23.5 Å². The Labute approximate surface area is 124 Å². The van der Waals surface area contributed by atoms with Crippen molar-refractivity contribution in [3.05, 3.63) is 48.0 Å². The van der Waals surface area contributed by atoms with Crippen LogP contribution in [0.3, 0.4) is 0 Å². The van der Waals surface area contributed by atoms with E-state index in [0.29, 0.717) is 19.8 Å². The number of rotatable bonds is 4. The first-order valence-electron chi connectivity index (χ1n) is 7.19. The van der Waals surface area contributed by atoms with Crippen LogP contribution in [0, 0.1) is 12.8 Å². The van der Waals surface area contributed by atoms with Gasteiger partial charge in [0.25, 0.3) is 0 Å². The highest BCUT2D eigenvalue weighted by Gasteiger charge is 2.22. The second kappa shape index (κ2) is 6.10. The van der Waals surface area contributed by atoms with Crippen LogP contribution >= 0.6 is 0 Å². The first-order chi connectivity index (χ1) is 10.2. The van der Waals surface area contributed by atoms with Gasteiger partial charge in [-0.2, -0.15) is 0 Å². The maximum Gasteiger partial charge on any atom is 0.225 e. The van der Waals surface area contributed by atoms with Gasteiger partial charge in [-0.1, -0.05) is 12.1 Å². The molecule has 3 rings (SSSR count). The van der Waals surface area contributed by atoms with Crippen LogP contribution in [-0.2, 0) is 16.1 Å². The Morgan fingerprint density at radius 1 is 1.43 bits per heavy atom. The Kier molecular flexibility index (Phi) is 4.01. The molecule has 1 N–H and O–H groups in total. The number of hydrogen-bond donors (Lipinski definition) is 1. The first-order valence-corrected chi connectivity index (χ1v) is 7.19. The van der Waals surface area contributed by atoms with E-state index in [4.69, 9.17) is 4.74 Å². The molecule has 0 spiro atoms. The molecule has 0 radical (unpaired) electrons. The summed E-state index contributed by atoms with van der Waals surface area (Å²) in [6, 6.07) is 8.13. The summed E-state index contributed by atoms with van der Waals surface area (Å²) in [6.07, 6.45) is 4.55. The molecule has 0 bridgehead atoms. The average molecular weight is 285 g/mol. The maximum atomic E-state index is 11.9. The Hall–Kier alpha value is -2.14. The molecule has 1 aliphatic rings. The molecule has 21 heavy (non-hydrogen) atoms. The standard InChI is InChI=1S/C16H19N3O2/c1-12-17-7-8-19(12)15-4-2-13(3-5-15)10-18-16(20)14-6-9-21-11-14/h2-5,7-8,14H,6,9-11H2,1H3,(H,18,20)/t14-/m1/s1. The number of aryl methyl sites for hydroxylation is 1. The molecule has 1 aromatic heterocycles. The molecule has 0 aliphatic carbocycles. The largest absolute Gasteiger partial charge is 0.381 e. The molecular weight excluding hydrogens is 266 g/mol. The zero-order valence-electron chi connectivity index (χ0n) is 12.1. The summed E-state index contributed by atoms with van der Waals surface area (Å²) in [6.45, 7) is 3.76. The Balaban J connectivity index is 1.60. The fourth-order valence-electron chi connectivity index (χ4n) is 2.50. The minimum atomic E-state index is 0.0119. The van der Waals surface area contributed by atoms with Gasteiger partial charge in [-0.3, -0.25) is 4.79 Å². The summed E-state index contributed by atoms with van der Waals surface area (Å²) in [4.78, 5) is 16.1. The van der Waals surface area contributed by atoms with Crippen molar-refractivity contribution in [3.8, 4) is 5.69 Å². The van der Waals surface area contributed by atoms with Crippen LogP contribution < -0.4 is 5.32 Å². The number of carbonyl (C=O) groups excluding carboxylic acids is 1. The van der Waals surface area contributed by atoms with Crippen LogP contribution in [-0.4, -0.2) is 28.7 Å². The highest BCUT2D eigenvalue weighted by Crippen LogP contribution is 2.14. The average Bonchev–Trinajstić information content (AvgIpc) is 3.17. The van der Waals surface area contributed by atoms with E-state index >= 15 is 0 Å². The predicted molar refractivity (Wildman–Crippen MR) is 79.1 cm³/mol. The van der Waals surface area contributed by atoms with Gasteiger partial charge in [-0.25, -0.2) is 4.98 Å². The fraction of sp³-hybridized carbons (Fsp3) is 0.375. The fourth-order valence-corrected chi connectivity index (χ4v) is 2.50. The lowest BCUT2D eigenvalue weighted by Crippen LogP contribution is -2.30. The van der Waals surface area contributed by atoms with E-state index in [1.165, 1.54) is 0 Å². The molecule has 1 amide bonds. The normalized spacial score (nSPS) is 17.9. The van der Waals surface area contributed by atoms with Crippen molar-refractivity contribution >= 4 is 5.91 Å². The minimum absolute atomic E-state index is 0.0119. The molecule has 110 valence electrons. The molecule has 1 aromatic carbocycles. The molecule has 1 fully saturated rings. The Bertz CT molecular complexity index is 613. The lowest BCUT2D eigenvalue weighted by Gasteiger charge is -2.10. The quantitative estimate of drug-likeness (QED) is 0.932. The molecule has 1 atom stereocenters. The smallest absolute Gasteiger partial charge is 0.225 e. The van der Waals surface area contributed by atoms with Gasteiger partial charge in [-0.15, -0.1) is 0 Å². The van der Waals surface area contributed by atoms with Crippen LogP contribution in [0.1, 0.15) is 17.8 Å². The summed E-state index contributed by atoms with van der Waals surface area (Å²) in [5, 5.41) is 2.97. The second-order valence-corrected chi connectivity index (χ2v) is 5.29. The van der Waals surface area contributed by atoms with E-state index in [2.05, 4.69) is 10.3 Å². The van der Waals surface area contributed by atoms with Gasteiger partial charge in [0, 0.05) is 31.2 Å². The van der Waals surface area contributed by atoms with E-state index in [-0.39, 0.29) is 11.8 Å². The van der Waals surface area contributed by atoms with Gasteiger partial charge < -0.3 is 14.6 Å². The van der Waals surface area contributed by atoms with Crippen molar-refractivity contribution in [1.29, 1.82) is 0 Å². The number of aromatic nitrogens is 2. The number of hydrogen-bond acceptors (Lipinski definition) is 3. The summed E-state index contributed by atoms with van der Waals surface area (Å²) in [7, 11) is 0. The zero-order valence-corrected chi connectivity index (χ0v) is 12.1. The Morgan fingerprint density at radius 3 is 2.86 bits per heavy atom. The molecule has 2 aromatic rings. The van der Waals surface area contributed by atoms with Crippen molar-refractivity contribution in [2.24, 2.45) is 5.92 Å². The van der Waals surface area contributed by atoms with Gasteiger partial charge >= 0.3 is 0 Å². The second-order valence-electron chi connectivity index (χ2n) is 5.29. The highest BCUT2D eigenvalue weighted by molar-refractivity contribution is 5.78. The SMILES string of the molecule is Cc1nccn1-c1ccc(CNC(=O)[C@@H]2CCOC2)cc1. The van der Waals surface area contributed by atoms with Crippen molar-refractivity contribution in [2.75, 3.05) is 13.2 Å². The van der Waals surface area contributed by atoms with E-state index < -0.39 is 0 Å². The van der Waals surface area contributed by atoms with E-state index in [1.54, 1.807) is 6.20 Å². The summed E-state index contributed by atoms with van der Waals surface area (Å²) < 4.78 is 7.26. The van der Waals surface area contributed by atoms with Crippen molar-refractivity contribution < 1.29 is 9.53 Å². The number of benzene rings is 1. The molecule has 5 heteroatoms. The molecule has 0 saturated carbocycles. The topological polar surface area (TPSA) is 56.2 Å². The summed E-state index contributed by atoms with van der Waals surface area (Å²) >= 11 is 0. The third-order valence-electron chi connectivity index (χ3n) is 3.81. The number of ether oxygens (including phenoxy) is 1. The number of nitrogens with one attached hydrogen (secondary N) is 1. The van der Waals surface area contributed by atoms with Crippen molar-refractivity contribution in [1.82, 2.24) is 14.9 Å². The van der Waals surface area contributed by atoms with Gasteiger partial charge in [0.1, 0.15) is 5.82 Å². The Morgan fingerprint density at radius 2 is 2.24 bits per heavy atom. The van der Waals surface area contributed by atoms with Crippen molar-refractivity contribution in [3.63, 3.8) is 0 Å². The van der Waals surface area contributed by atoms with Gasteiger partial charge in [0.2, 0.25) is 5.91 Å². The number of carbonyl (C=O) groups is 1. The predicted octanol–water partition coefficient (Wildman–Crippen LogP) is 1.83. The van der Waals surface area contributed by atoms with Crippen LogP contribution in [0.25, 0.3) is 5.69 Å². The van der Waals surface area contributed by atoms with Gasteiger partial charge in [0.15, 0.2) is 0 Å². The lowest BCUT2D eigenvalue weighted by atomic mass is 10.1. The van der Waals surface area contributed by atoms with E-state index in [9.17, 15) is 4.79 Å². The molecule has 5 nitrogen and oxygen atoms in total. The van der Waals surface area contributed by atoms with Crippen LogP contribution in [0.15, 0.2) is 36.7 Å². The third kappa shape index (κ3) is 3.13. The number of amides is 1. The lowest BCUT2D eigenvalue weighted by molar-refractivity contribution is -0.125. The van der Waals surface area contributed by atoms with Gasteiger partial charge in [-0.05, 0) is 31.0 Å². The highest BCUT2D eigenvalue weighted by atomic mass is 16.5. The molecular formula is C16H19N3O2.